The Morgan fingerprint density at radius 1 is 1.19 bits per heavy atom. The van der Waals surface area contributed by atoms with E-state index in [-0.39, 0.29) is 35.2 Å². The van der Waals surface area contributed by atoms with Gasteiger partial charge < -0.3 is 11.1 Å². The zero-order valence-corrected chi connectivity index (χ0v) is 16.6. The second-order valence-electron chi connectivity index (χ2n) is 7.42. The molecule has 0 unspecified atom stereocenters. The van der Waals surface area contributed by atoms with Crippen LogP contribution in [0.4, 0.5) is 10.1 Å². The smallest absolute Gasteiger partial charge is 0.231 e. The summed E-state index contributed by atoms with van der Waals surface area (Å²) in [5.74, 6) is -1.23. The highest BCUT2D eigenvalue weighted by Crippen LogP contribution is 2.30. The van der Waals surface area contributed by atoms with Crippen LogP contribution in [-0.2, 0) is 15.1 Å². The Labute approximate surface area is 154 Å². The number of nitrogens with one attached hydrogen (secondary N) is 1. The molecule has 0 aliphatic carbocycles. The molecule has 26 heavy (non-hydrogen) atoms. The molecule has 2 amide bonds. The van der Waals surface area contributed by atoms with E-state index in [0.29, 0.717) is 5.69 Å². The van der Waals surface area contributed by atoms with Gasteiger partial charge in [-0.1, -0.05) is 27.7 Å². The Morgan fingerprint density at radius 3 is 2.27 bits per heavy atom. The molecule has 0 radical (unpaired) electrons. The lowest BCUT2D eigenvalue weighted by Crippen LogP contribution is -2.42. The number of aliphatic imine (C=N–C) groups is 1. The number of benzene rings is 1. The molecule has 1 rings (SSSR count). The quantitative estimate of drug-likeness (QED) is 0.622. The summed E-state index contributed by atoms with van der Waals surface area (Å²) >= 11 is 0. The van der Waals surface area contributed by atoms with Gasteiger partial charge in [0.15, 0.2) is 5.96 Å². The molecular formula is C19H29FN4O2. The number of nitrogens with two attached hydrogens (primary N) is 1. The maximum atomic E-state index is 14.4. The van der Waals surface area contributed by atoms with E-state index in [1.165, 1.54) is 30.1 Å². The van der Waals surface area contributed by atoms with Crippen molar-refractivity contribution in [1.82, 2.24) is 4.90 Å². The molecule has 1 aromatic rings. The number of halogens is 1. The van der Waals surface area contributed by atoms with E-state index < -0.39 is 11.4 Å². The minimum atomic E-state index is -1.03. The monoisotopic (exact) mass is 364 g/mol. The van der Waals surface area contributed by atoms with Crippen LogP contribution in [0.15, 0.2) is 23.2 Å². The van der Waals surface area contributed by atoms with Crippen molar-refractivity contribution in [3.63, 3.8) is 0 Å². The van der Waals surface area contributed by atoms with Gasteiger partial charge in [-0.2, -0.15) is 0 Å². The Balaban J connectivity index is 3.20. The van der Waals surface area contributed by atoms with E-state index in [2.05, 4.69) is 10.3 Å². The number of guanidine groups is 1. The number of hydrogen-bond acceptors (Lipinski definition) is 3. The summed E-state index contributed by atoms with van der Waals surface area (Å²) in [4.78, 5) is 29.5. The molecule has 0 atom stereocenters. The molecule has 0 fully saturated rings. The normalized spacial score (nSPS) is 12.5. The van der Waals surface area contributed by atoms with Crippen molar-refractivity contribution < 1.29 is 14.0 Å². The SMILES string of the molecule is CC(C)C(=O)Nc1ccc(F)c(C(C)(C)N=C(N)N(C)C(=O)C(C)C)c1. The minimum absolute atomic E-state index is 0.00437. The number of rotatable bonds is 5. The third kappa shape index (κ3) is 5.28. The Kier molecular flexibility index (Phi) is 6.89. The fourth-order valence-electron chi connectivity index (χ4n) is 2.28. The summed E-state index contributed by atoms with van der Waals surface area (Å²) in [6, 6.07) is 4.31. The number of carbonyl (C=O) groups excluding carboxylic acids is 2. The van der Waals surface area contributed by atoms with Crippen molar-refractivity contribution in [2.24, 2.45) is 22.6 Å². The summed E-state index contributed by atoms with van der Waals surface area (Å²) in [6.07, 6.45) is 0. The highest BCUT2D eigenvalue weighted by Gasteiger charge is 2.26. The maximum Gasteiger partial charge on any atom is 0.231 e. The molecule has 6 nitrogen and oxygen atoms in total. The first-order valence-electron chi connectivity index (χ1n) is 8.60. The number of amides is 2. The molecule has 1 aromatic carbocycles. The van der Waals surface area contributed by atoms with E-state index in [1.807, 2.05) is 0 Å². The predicted octanol–water partition coefficient (Wildman–Crippen LogP) is 3.08. The van der Waals surface area contributed by atoms with Gasteiger partial charge in [-0.3, -0.25) is 14.5 Å². The fourth-order valence-corrected chi connectivity index (χ4v) is 2.28. The highest BCUT2D eigenvalue weighted by molar-refractivity contribution is 5.97. The van der Waals surface area contributed by atoms with Gasteiger partial charge in [-0.15, -0.1) is 0 Å². The van der Waals surface area contributed by atoms with Crippen molar-refractivity contribution in [1.29, 1.82) is 0 Å². The third-order valence-electron chi connectivity index (χ3n) is 3.98. The first kappa shape index (κ1) is 21.6. The second-order valence-corrected chi connectivity index (χ2v) is 7.42. The summed E-state index contributed by atoms with van der Waals surface area (Å²) in [7, 11) is 1.53. The van der Waals surface area contributed by atoms with Crippen molar-refractivity contribution >= 4 is 23.5 Å². The van der Waals surface area contributed by atoms with Crippen LogP contribution in [0.3, 0.4) is 0 Å². The topological polar surface area (TPSA) is 87.8 Å². The van der Waals surface area contributed by atoms with Crippen LogP contribution in [0.25, 0.3) is 0 Å². The molecule has 0 heterocycles. The van der Waals surface area contributed by atoms with Crippen molar-refractivity contribution in [3.8, 4) is 0 Å². The van der Waals surface area contributed by atoms with E-state index in [1.54, 1.807) is 41.5 Å². The number of anilines is 1. The summed E-state index contributed by atoms with van der Waals surface area (Å²) in [6.45, 7) is 10.5. The molecule has 0 aromatic heterocycles. The van der Waals surface area contributed by atoms with Gasteiger partial charge in [0.25, 0.3) is 0 Å². The second kappa shape index (κ2) is 8.29. The van der Waals surface area contributed by atoms with E-state index in [0.717, 1.165) is 0 Å². The van der Waals surface area contributed by atoms with Crippen LogP contribution in [0.1, 0.15) is 47.1 Å². The number of carbonyl (C=O) groups is 2. The van der Waals surface area contributed by atoms with Crippen LogP contribution >= 0.6 is 0 Å². The molecule has 7 heteroatoms. The lowest BCUT2D eigenvalue weighted by atomic mass is 9.94. The van der Waals surface area contributed by atoms with Gasteiger partial charge in [0.05, 0.1) is 5.54 Å². The predicted molar refractivity (Wildman–Crippen MR) is 102 cm³/mol. The third-order valence-corrected chi connectivity index (χ3v) is 3.98. The van der Waals surface area contributed by atoms with Gasteiger partial charge in [0.2, 0.25) is 11.8 Å². The van der Waals surface area contributed by atoms with Crippen LogP contribution in [0.2, 0.25) is 0 Å². The lowest BCUT2D eigenvalue weighted by molar-refractivity contribution is -0.129. The first-order valence-corrected chi connectivity index (χ1v) is 8.60. The number of hydrogen-bond donors (Lipinski definition) is 2. The summed E-state index contributed by atoms with van der Waals surface area (Å²) in [5.41, 5.74) is 5.67. The summed E-state index contributed by atoms with van der Waals surface area (Å²) < 4.78 is 14.4. The largest absolute Gasteiger partial charge is 0.369 e. The Morgan fingerprint density at radius 2 is 1.77 bits per heavy atom. The zero-order chi connectivity index (χ0) is 20.2. The average molecular weight is 364 g/mol. The Bertz CT molecular complexity index is 711. The molecule has 0 spiro atoms. The molecule has 3 N–H and O–H groups in total. The first-order chi connectivity index (χ1) is 11.9. The van der Waals surface area contributed by atoms with Crippen molar-refractivity contribution in [2.75, 3.05) is 12.4 Å². The molecule has 0 bridgehead atoms. The standard InChI is InChI=1S/C19H29FN4O2/c1-11(2)16(25)22-13-8-9-15(20)14(10-13)19(5,6)23-18(21)24(7)17(26)12(3)4/h8-12H,1-7H3,(H2,21,23)(H,22,25). The van der Waals surface area contributed by atoms with Gasteiger partial charge in [-0.25, -0.2) is 9.38 Å². The molecule has 0 aliphatic heterocycles. The molecule has 0 saturated heterocycles. The van der Waals surface area contributed by atoms with Crippen LogP contribution < -0.4 is 11.1 Å². The van der Waals surface area contributed by atoms with E-state index in [9.17, 15) is 14.0 Å². The van der Waals surface area contributed by atoms with Crippen LogP contribution in [0, 0.1) is 17.7 Å². The molecular weight excluding hydrogens is 335 g/mol. The van der Waals surface area contributed by atoms with Gasteiger partial charge in [0.1, 0.15) is 5.82 Å². The molecule has 144 valence electrons. The zero-order valence-electron chi connectivity index (χ0n) is 16.6. The van der Waals surface area contributed by atoms with Crippen LogP contribution in [-0.4, -0.2) is 29.7 Å². The fraction of sp³-hybridized carbons (Fsp3) is 0.526. The number of nitrogens with zero attached hydrogens (tertiary/aromatic N) is 2. The highest BCUT2D eigenvalue weighted by atomic mass is 19.1. The lowest BCUT2D eigenvalue weighted by Gasteiger charge is -2.26. The Hall–Kier alpha value is -2.44. The van der Waals surface area contributed by atoms with Crippen molar-refractivity contribution in [3.05, 3.63) is 29.6 Å². The van der Waals surface area contributed by atoms with Gasteiger partial charge >= 0.3 is 0 Å². The summed E-state index contributed by atoms with van der Waals surface area (Å²) in [5, 5.41) is 2.74. The van der Waals surface area contributed by atoms with Gasteiger partial charge in [0, 0.05) is 30.1 Å². The van der Waals surface area contributed by atoms with Gasteiger partial charge in [-0.05, 0) is 32.0 Å². The van der Waals surface area contributed by atoms with E-state index >= 15 is 0 Å². The van der Waals surface area contributed by atoms with Crippen molar-refractivity contribution in [2.45, 2.75) is 47.1 Å². The molecule has 0 saturated carbocycles. The average Bonchev–Trinajstić information content (AvgIpc) is 2.54. The van der Waals surface area contributed by atoms with Crippen LogP contribution in [0.5, 0.6) is 0 Å². The maximum absolute atomic E-state index is 14.4. The molecule has 0 aliphatic rings. The minimum Gasteiger partial charge on any atom is -0.369 e. The van der Waals surface area contributed by atoms with E-state index in [4.69, 9.17) is 5.73 Å².